The number of para-hydroxylation sites is 1. The molecular weight excluding hydrogens is 400 g/mol. The Hall–Kier alpha value is -1.50. The average molecular weight is 443 g/mol. The van der Waals surface area contributed by atoms with Crippen LogP contribution in [0, 0.1) is 46.3 Å². The highest BCUT2D eigenvalue weighted by atomic mass is 16.3. The number of allylic oxidation sites excluding steroid dienone is 4. The Morgan fingerprint density at radius 3 is 1.27 bits per heavy atom. The van der Waals surface area contributed by atoms with Crippen LogP contribution in [0.3, 0.4) is 0 Å². The van der Waals surface area contributed by atoms with E-state index in [1.54, 1.807) is 0 Å². The van der Waals surface area contributed by atoms with Crippen molar-refractivity contribution in [3.63, 3.8) is 0 Å². The van der Waals surface area contributed by atoms with E-state index in [0.717, 1.165) is 59.5 Å². The highest BCUT2D eigenvalue weighted by molar-refractivity contribution is 5.42. The van der Waals surface area contributed by atoms with Gasteiger partial charge in [-0.25, -0.2) is 0 Å². The van der Waals surface area contributed by atoms with Gasteiger partial charge in [0.25, 0.3) is 0 Å². The van der Waals surface area contributed by atoms with Crippen molar-refractivity contribution in [2.75, 3.05) is 0 Å². The quantitative estimate of drug-likeness (QED) is 0.442. The van der Waals surface area contributed by atoms with Crippen LogP contribution in [0.4, 0.5) is 0 Å². The van der Waals surface area contributed by atoms with Gasteiger partial charge >= 0.3 is 0 Å². The Kier molecular flexibility index (Phi) is 4.90. The molecule has 0 aromatic heterocycles. The summed E-state index contributed by atoms with van der Waals surface area (Å²) in [5, 5.41) is 11.0. The fourth-order valence-corrected chi connectivity index (χ4v) is 10.6. The van der Waals surface area contributed by atoms with E-state index >= 15 is 0 Å². The summed E-state index contributed by atoms with van der Waals surface area (Å²) in [6, 6.07) is 6.42. The minimum atomic E-state index is 0.489. The number of hydrogen-bond donors (Lipinski definition) is 1. The summed E-state index contributed by atoms with van der Waals surface area (Å²) >= 11 is 0. The molecular formula is C32H42O. The van der Waals surface area contributed by atoms with E-state index in [-0.39, 0.29) is 0 Å². The predicted octanol–water partition coefficient (Wildman–Crippen LogP) is 8.02. The second kappa shape index (κ2) is 7.76. The molecule has 0 aliphatic heterocycles. The molecule has 1 N–H and O–H groups in total. The fourth-order valence-electron chi connectivity index (χ4n) is 10.6. The molecule has 8 fully saturated rings. The first-order chi connectivity index (χ1) is 16.1. The molecule has 8 aliphatic carbocycles. The van der Waals surface area contributed by atoms with E-state index < -0.39 is 0 Å². The molecule has 0 spiro atoms. The normalized spacial score (nSPS) is 45.1. The predicted molar refractivity (Wildman–Crippen MR) is 135 cm³/mol. The van der Waals surface area contributed by atoms with Gasteiger partial charge in [-0.15, -0.1) is 0 Å². The zero-order valence-electron chi connectivity index (χ0n) is 20.4. The zero-order valence-corrected chi connectivity index (χ0v) is 20.4. The Balaban J connectivity index is 1.02. The topological polar surface area (TPSA) is 20.2 Å². The molecule has 1 aromatic rings. The number of benzene rings is 1. The Morgan fingerprint density at radius 2 is 0.939 bits per heavy atom. The van der Waals surface area contributed by atoms with Crippen molar-refractivity contribution in [1.29, 1.82) is 0 Å². The summed E-state index contributed by atoms with van der Waals surface area (Å²) in [6.07, 6.45) is 29.3. The summed E-state index contributed by atoms with van der Waals surface area (Å²) < 4.78 is 0. The van der Waals surface area contributed by atoms with Crippen molar-refractivity contribution in [3.8, 4) is 5.75 Å². The molecule has 1 aromatic carbocycles. The lowest BCUT2D eigenvalue weighted by Crippen LogP contribution is -2.45. The lowest BCUT2D eigenvalue weighted by Gasteiger charge is -2.56. The van der Waals surface area contributed by atoms with Gasteiger partial charge in [0.05, 0.1) is 0 Å². The van der Waals surface area contributed by atoms with Gasteiger partial charge < -0.3 is 5.11 Å². The van der Waals surface area contributed by atoms with Crippen molar-refractivity contribution in [1.82, 2.24) is 0 Å². The summed E-state index contributed by atoms with van der Waals surface area (Å²) in [4.78, 5) is 0. The third kappa shape index (κ3) is 3.82. The van der Waals surface area contributed by atoms with Crippen LogP contribution < -0.4 is 0 Å². The zero-order chi connectivity index (χ0) is 22.0. The third-order valence-corrected chi connectivity index (χ3v) is 11.0. The number of hydrogen-bond acceptors (Lipinski definition) is 1. The minimum Gasteiger partial charge on any atom is -0.507 e. The van der Waals surface area contributed by atoms with Crippen molar-refractivity contribution in [2.24, 2.45) is 46.3 Å². The summed E-state index contributed by atoms with van der Waals surface area (Å²) in [6.45, 7) is 0. The summed E-state index contributed by atoms with van der Waals surface area (Å²) in [7, 11) is 0. The molecule has 0 amide bonds. The number of phenolic OH excluding ortho intramolecular Hbond substituents is 1. The van der Waals surface area contributed by atoms with Gasteiger partial charge in [0.1, 0.15) is 5.75 Å². The summed E-state index contributed by atoms with van der Waals surface area (Å²) in [5.41, 5.74) is 3.19. The fraction of sp³-hybridized carbons (Fsp3) is 0.688. The second-order valence-corrected chi connectivity index (χ2v) is 13.7. The van der Waals surface area contributed by atoms with Crippen molar-refractivity contribution in [3.05, 3.63) is 53.6 Å². The number of phenols is 1. The SMILES string of the molecule is Oc1c(C/C=C/C23CC4CC(CC(C4)C2)C3)cccc1C/C=C/C12CC3CC(CC(C3)C1)C2. The first kappa shape index (κ1) is 20.8. The molecule has 0 radical (unpaired) electrons. The minimum absolute atomic E-state index is 0.489. The van der Waals surface area contributed by atoms with Crippen LogP contribution in [0.25, 0.3) is 0 Å². The third-order valence-electron chi connectivity index (χ3n) is 11.0. The Bertz CT molecular complexity index is 820. The van der Waals surface area contributed by atoms with Gasteiger partial charge in [-0.2, -0.15) is 0 Å². The second-order valence-electron chi connectivity index (χ2n) is 13.7. The molecule has 8 aliphatic rings. The maximum absolute atomic E-state index is 11.0. The molecule has 9 rings (SSSR count). The molecule has 1 heteroatoms. The lowest BCUT2D eigenvalue weighted by molar-refractivity contribution is -0.0239. The Labute approximate surface area is 200 Å². The molecule has 0 saturated heterocycles. The van der Waals surface area contributed by atoms with Gasteiger partial charge in [-0.1, -0.05) is 42.5 Å². The van der Waals surface area contributed by atoms with Crippen LogP contribution >= 0.6 is 0 Å². The first-order valence-corrected chi connectivity index (χ1v) is 14.2. The van der Waals surface area contributed by atoms with Crippen LogP contribution in [0.15, 0.2) is 42.5 Å². The Morgan fingerprint density at radius 1 is 0.606 bits per heavy atom. The average Bonchev–Trinajstić information content (AvgIpc) is 2.74. The smallest absolute Gasteiger partial charge is 0.122 e. The van der Waals surface area contributed by atoms with E-state index in [9.17, 15) is 5.11 Å². The molecule has 33 heavy (non-hydrogen) atoms. The first-order valence-electron chi connectivity index (χ1n) is 14.2. The van der Waals surface area contributed by atoms with Gasteiger partial charge in [0.2, 0.25) is 0 Å². The van der Waals surface area contributed by atoms with Crippen LogP contribution in [-0.2, 0) is 12.8 Å². The van der Waals surface area contributed by atoms with E-state index in [4.69, 9.17) is 0 Å². The molecule has 1 nitrogen and oxygen atoms in total. The van der Waals surface area contributed by atoms with Gasteiger partial charge in [0, 0.05) is 0 Å². The summed E-state index contributed by atoms with van der Waals surface area (Å²) in [5.74, 6) is 6.54. The monoisotopic (exact) mass is 442 g/mol. The largest absolute Gasteiger partial charge is 0.507 e. The molecule has 8 bridgehead atoms. The van der Waals surface area contributed by atoms with Crippen LogP contribution in [0.1, 0.15) is 88.2 Å². The van der Waals surface area contributed by atoms with Crippen LogP contribution in [-0.4, -0.2) is 5.11 Å². The van der Waals surface area contributed by atoms with Crippen molar-refractivity contribution < 1.29 is 5.11 Å². The lowest BCUT2D eigenvalue weighted by atomic mass is 9.49. The van der Waals surface area contributed by atoms with E-state index in [2.05, 4.69) is 42.5 Å². The standard InChI is InChI=1S/C32H42O/c33-30-28(6-2-8-31-16-22-10-23(17-31)12-24(11-22)18-31)4-1-5-29(30)7-3-9-32-19-25-13-26(20-32)15-27(14-25)21-32/h1-5,8-9,22-27,33H,6-7,10-21H2/b8-2+,9-3+. The van der Waals surface area contributed by atoms with Crippen LogP contribution in [0.5, 0.6) is 5.75 Å². The molecule has 176 valence electrons. The van der Waals surface area contributed by atoms with Gasteiger partial charge in [-0.3, -0.25) is 0 Å². The van der Waals surface area contributed by atoms with E-state index in [1.165, 1.54) is 77.0 Å². The van der Waals surface area contributed by atoms with E-state index in [1.807, 2.05) is 0 Å². The molecule has 0 heterocycles. The highest BCUT2D eigenvalue weighted by Crippen LogP contribution is 2.61. The van der Waals surface area contributed by atoms with Crippen LogP contribution in [0.2, 0.25) is 0 Å². The highest BCUT2D eigenvalue weighted by Gasteiger charge is 2.50. The van der Waals surface area contributed by atoms with E-state index in [0.29, 0.717) is 16.6 Å². The van der Waals surface area contributed by atoms with Gasteiger partial charge in [0.15, 0.2) is 0 Å². The maximum Gasteiger partial charge on any atom is 0.122 e. The molecule has 0 atom stereocenters. The van der Waals surface area contributed by atoms with Gasteiger partial charge in [-0.05, 0) is 147 Å². The van der Waals surface area contributed by atoms with Crippen molar-refractivity contribution in [2.45, 2.75) is 89.9 Å². The molecule has 8 saturated carbocycles. The number of aromatic hydroxyl groups is 1. The van der Waals surface area contributed by atoms with Crippen molar-refractivity contribution >= 4 is 0 Å². The maximum atomic E-state index is 11.0. The number of rotatable bonds is 6. The molecule has 0 unspecified atom stereocenters.